The summed E-state index contributed by atoms with van der Waals surface area (Å²) in [4.78, 5) is 8.57. The number of imidazole rings is 1. The van der Waals surface area contributed by atoms with E-state index < -0.39 is 0 Å². The third-order valence-electron chi connectivity index (χ3n) is 2.95. The van der Waals surface area contributed by atoms with E-state index in [4.69, 9.17) is 4.74 Å². The Morgan fingerprint density at radius 2 is 2.00 bits per heavy atom. The first-order valence-electron chi connectivity index (χ1n) is 5.85. The molecule has 0 fully saturated rings. The fourth-order valence-corrected chi connectivity index (χ4v) is 2.29. The molecule has 0 aliphatic heterocycles. The molecule has 2 aromatic heterocycles. The molecule has 3 rings (SSSR count). The summed E-state index contributed by atoms with van der Waals surface area (Å²) in [6.45, 7) is 0.763. The highest BCUT2D eigenvalue weighted by molar-refractivity contribution is 9.10. The van der Waals surface area contributed by atoms with Crippen molar-refractivity contribution in [3.63, 3.8) is 0 Å². The van der Waals surface area contributed by atoms with Crippen LogP contribution in [0.2, 0.25) is 0 Å². The van der Waals surface area contributed by atoms with Crippen LogP contribution < -0.4 is 4.74 Å². The van der Waals surface area contributed by atoms with Crippen molar-refractivity contribution < 1.29 is 4.74 Å². The first-order chi connectivity index (χ1) is 9.26. The Balaban J connectivity index is 1.93. The van der Waals surface area contributed by atoms with E-state index in [1.165, 1.54) is 5.56 Å². The SMILES string of the molecule is COc1ccc(Cn2cnc3ncc(Br)cc32)cc1. The molecule has 0 saturated heterocycles. The number of pyridine rings is 1. The van der Waals surface area contributed by atoms with E-state index >= 15 is 0 Å². The van der Waals surface area contributed by atoms with E-state index in [9.17, 15) is 0 Å². The van der Waals surface area contributed by atoms with Gasteiger partial charge in [0.15, 0.2) is 5.65 Å². The van der Waals surface area contributed by atoms with Gasteiger partial charge < -0.3 is 9.30 Å². The number of halogens is 1. The van der Waals surface area contributed by atoms with Gasteiger partial charge in [0.2, 0.25) is 0 Å². The summed E-state index contributed by atoms with van der Waals surface area (Å²) in [5.74, 6) is 0.864. The van der Waals surface area contributed by atoms with Crippen LogP contribution in [0, 0.1) is 0 Å². The van der Waals surface area contributed by atoms with E-state index in [0.29, 0.717) is 0 Å². The van der Waals surface area contributed by atoms with E-state index in [0.717, 1.165) is 27.9 Å². The van der Waals surface area contributed by atoms with Crippen LogP contribution in [0.25, 0.3) is 11.2 Å². The topological polar surface area (TPSA) is 39.9 Å². The van der Waals surface area contributed by atoms with Crippen LogP contribution >= 0.6 is 15.9 Å². The van der Waals surface area contributed by atoms with Gasteiger partial charge in [0.05, 0.1) is 19.0 Å². The molecule has 0 radical (unpaired) electrons. The molecule has 1 aromatic carbocycles. The molecular formula is C14H12BrN3O. The summed E-state index contributed by atoms with van der Waals surface area (Å²) in [6, 6.07) is 10.1. The number of aromatic nitrogens is 3. The van der Waals surface area contributed by atoms with Crippen molar-refractivity contribution in [2.75, 3.05) is 7.11 Å². The summed E-state index contributed by atoms with van der Waals surface area (Å²) in [7, 11) is 1.67. The third-order valence-corrected chi connectivity index (χ3v) is 3.39. The fourth-order valence-electron chi connectivity index (χ4n) is 1.97. The number of fused-ring (bicyclic) bond motifs is 1. The predicted molar refractivity (Wildman–Crippen MR) is 77.3 cm³/mol. The zero-order chi connectivity index (χ0) is 13.2. The lowest BCUT2D eigenvalue weighted by atomic mass is 10.2. The maximum atomic E-state index is 5.16. The normalized spacial score (nSPS) is 10.8. The molecule has 0 saturated carbocycles. The van der Waals surface area contributed by atoms with Gasteiger partial charge in [-0.25, -0.2) is 9.97 Å². The van der Waals surface area contributed by atoms with Crippen molar-refractivity contribution in [1.29, 1.82) is 0 Å². The summed E-state index contributed by atoms with van der Waals surface area (Å²) in [6.07, 6.45) is 3.57. The Hall–Kier alpha value is -1.88. The average Bonchev–Trinajstić information content (AvgIpc) is 2.82. The third kappa shape index (κ3) is 2.46. The van der Waals surface area contributed by atoms with E-state index in [-0.39, 0.29) is 0 Å². The number of hydrogen-bond acceptors (Lipinski definition) is 3. The summed E-state index contributed by atoms with van der Waals surface area (Å²) < 4.78 is 8.19. The zero-order valence-corrected chi connectivity index (χ0v) is 12.0. The molecular weight excluding hydrogens is 306 g/mol. The standard InChI is InChI=1S/C14H12BrN3O/c1-19-12-4-2-10(3-5-12)8-18-9-17-14-13(18)6-11(15)7-16-14/h2-7,9H,8H2,1H3. The molecule has 96 valence electrons. The molecule has 0 bridgehead atoms. The number of nitrogens with zero attached hydrogens (tertiary/aromatic N) is 3. The number of benzene rings is 1. The molecule has 0 aliphatic rings. The van der Waals surface area contributed by atoms with Crippen molar-refractivity contribution in [3.05, 3.63) is 52.9 Å². The van der Waals surface area contributed by atoms with Crippen LogP contribution in [0.4, 0.5) is 0 Å². The maximum absolute atomic E-state index is 5.16. The minimum atomic E-state index is 0.761. The van der Waals surface area contributed by atoms with Crippen LogP contribution in [-0.2, 0) is 6.54 Å². The van der Waals surface area contributed by atoms with Crippen molar-refractivity contribution in [3.8, 4) is 5.75 Å². The molecule has 5 heteroatoms. The van der Waals surface area contributed by atoms with E-state index in [1.807, 2.05) is 24.5 Å². The largest absolute Gasteiger partial charge is 0.497 e. The van der Waals surface area contributed by atoms with Crippen molar-refractivity contribution in [2.45, 2.75) is 6.54 Å². The Morgan fingerprint density at radius 3 is 2.74 bits per heavy atom. The van der Waals surface area contributed by atoms with Crippen molar-refractivity contribution in [1.82, 2.24) is 14.5 Å². The summed E-state index contributed by atoms with van der Waals surface area (Å²) in [5.41, 5.74) is 2.97. The highest BCUT2D eigenvalue weighted by atomic mass is 79.9. The monoisotopic (exact) mass is 317 g/mol. The van der Waals surface area contributed by atoms with Gasteiger partial charge >= 0.3 is 0 Å². The van der Waals surface area contributed by atoms with Crippen molar-refractivity contribution in [2.24, 2.45) is 0 Å². The highest BCUT2D eigenvalue weighted by Crippen LogP contribution is 2.18. The van der Waals surface area contributed by atoms with Crippen LogP contribution in [0.15, 0.2) is 47.3 Å². The fraction of sp³-hybridized carbons (Fsp3) is 0.143. The summed E-state index contributed by atoms with van der Waals surface area (Å²) in [5, 5.41) is 0. The first kappa shape index (κ1) is 12.2. The second kappa shape index (κ2) is 5.01. The number of methoxy groups -OCH3 is 1. The highest BCUT2D eigenvalue weighted by Gasteiger charge is 2.05. The van der Waals surface area contributed by atoms with Crippen molar-refractivity contribution >= 4 is 27.1 Å². The summed E-state index contributed by atoms with van der Waals surface area (Å²) >= 11 is 3.44. The molecule has 19 heavy (non-hydrogen) atoms. The lowest BCUT2D eigenvalue weighted by molar-refractivity contribution is 0.414. The van der Waals surface area contributed by atoms with E-state index in [1.54, 1.807) is 13.3 Å². The smallest absolute Gasteiger partial charge is 0.177 e. The lowest BCUT2D eigenvalue weighted by Gasteiger charge is -2.06. The Kier molecular flexibility index (Phi) is 3.21. The van der Waals surface area contributed by atoms with Gasteiger partial charge in [-0.2, -0.15) is 0 Å². The zero-order valence-electron chi connectivity index (χ0n) is 10.4. The second-order valence-corrected chi connectivity index (χ2v) is 5.13. The molecule has 2 heterocycles. The molecule has 4 nitrogen and oxygen atoms in total. The molecule has 0 amide bonds. The minimum absolute atomic E-state index is 0.761. The van der Waals surface area contributed by atoms with Crippen LogP contribution in [0.1, 0.15) is 5.56 Å². The quantitative estimate of drug-likeness (QED) is 0.744. The average molecular weight is 318 g/mol. The molecule has 0 unspecified atom stereocenters. The second-order valence-electron chi connectivity index (χ2n) is 4.22. The van der Waals surface area contributed by atoms with E-state index in [2.05, 4.69) is 42.6 Å². The van der Waals surface area contributed by atoms with Crippen LogP contribution in [0.5, 0.6) is 5.75 Å². The Bertz CT molecular complexity index is 706. The Labute approximate surface area is 119 Å². The molecule has 0 atom stereocenters. The van der Waals surface area contributed by atoms with Crippen LogP contribution in [0.3, 0.4) is 0 Å². The van der Waals surface area contributed by atoms with Gasteiger partial charge in [-0.3, -0.25) is 0 Å². The van der Waals surface area contributed by atoms with Gasteiger partial charge in [-0.05, 0) is 39.7 Å². The molecule has 0 aliphatic carbocycles. The number of rotatable bonds is 3. The Morgan fingerprint density at radius 1 is 1.21 bits per heavy atom. The molecule has 0 spiro atoms. The van der Waals surface area contributed by atoms with Gasteiger partial charge in [-0.1, -0.05) is 12.1 Å². The maximum Gasteiger partial charge on any atom is 0.177 e. The molecule has 3 aromatic rings. The number of hydrogen-bond donors (Lipinski definition) is 0. The predicted octanol–water partition coefficient (Wildman–Crippen LogP) is 3.25. The minimum Gasteiger partial charge on any atom is -0.497 e. The van der Waals surface area contributed by atoms with Crippen LogP contribution in [-0.4, -0.2) is 21.6 Å². The van der Waals surface area contributed by atoms with Gasteiger partial charge in [-0.15, -0.1) is 0 Å². The van der Waals surface area contributed by atoms with Gasteiger partial charge in [0.1, 0.15) is 5.75 Å². The lowest BCUT2D eigenvalue weighted by Crippen LogP contribution is -1.98. The van der Waals surface area contributed by atoms with Gasteiger partial charge in [0, 0.05) is 17.2 Å². The first-order valence-corrected chi connectivity index (χ1v) is 6.65. The van der Waals surface area contributed by atoms with Gasteiger partial charge in [0.25, 0.3) is 0 Å². The molecule has 0 N–H and O–H groups in total. The number of ether oxygens (including phenoxy) is 1.